The van der Waals surface area contributed by atoms with Crippen molar-refractivity contribution in [3.05, 3.63) is 70.4 Å². The zero-order chi connectivity index (χ0) is 44.0. The number of aliphatic hydroxyl groups is 6. The van der Waals surface area contributed by atoms with E-state index >= 15 is 0 Å². The standard InChI is InChI=1S/C41H49N3O16S.Na/c1-19(47)43-32-34(51)37(60-40-36(53)35(52)33(50)29(17-45)58-40)30(18-46)59-39(32)56-13-5-3-2-4-12-42-41(61)44-20-6-9-23(26(14-20)38(54)55)31-24-10-7-21(48)15-27(24)57-28-16-22(49)8-11-25(28)31;/h6-11,14-16,29-30,32-37,39-40,45-46,48,50-53H,2-5,12-13,17-18H2,1H3,(H,43,47)(H,54,55)(H2,42,44,61);/q;+1/p-1/t29-,30-,32-,33+,34-,35+,36-,37-,39-,40+;/m1./s1. The van der Waals surface area contributed by atoms with Gasteiger partial charge in [-0.15, -0.1) is 0 Å². The van der Waals surface area contributed by atoms with Gasteiger partial charge in [0.25, 0.3) is 0 Å². The van der Waals surface area contributed by atoms with Gasteiger partial charge in [-0.25, -0.2) is 4.79 Å². The van der Waals surface area contributed by atoms with E-state index in [4.69, 9.17) is 35.6 Å². The van der Waals surface area contributed by atoms with Crippen LogP contribution in [0, 0.1) is 0 Å². The number of aromatic hydroxyl groups is 1. The summed E-state index contributed by atoms with van der Waals surface area (Å²) in [6.45, 7) is 0.399. The number of aliphatic imine (C=N–C) groups is 1. The van der Waals surface area contributed by atoms with Gasteiger partial charge in [0.05, 0.1) is 18.8 Å². The molecule has 6 rings (SSSR count). The Balaban J connectivity index is 0.00000726. The van der Waals surface area contributed by atoms with Crippen LogP contribution in [0.25, 0.3) is 33.4 Å². The Labute approximate surface area is 382 Å². The zero-order valence-corrected chi connectivity index (χ0v) is 36.6. The molecule has 0 amide bonds. The number of aliphatic hydroxyl groups excluding tert-OH is 6. The topological polar surface area (TPSA) is 306 Å². The van der Waals surface area contributed by atoms with E-state index in [1.807, 2.05) is 0 Å². The van der Waals surface area contributed by atoms with E-state index < -0.39 is 86.4 Å². The Hall–Kier alpha value is -3.84. The van der Waals surface area contributed by atoms with E-state index in [0.717, 1.165) is 6.42 Å². The summed E-state index contributed by atoms with van der Waals surface area (Å²) in [7, 11) is 0. The van der Waals surface area contributed by atoms with Crippen LogP contribution < -0.4 is 50.7 Å². The Morgan fingerprint density at radius 1 is 0.871 bits per heavy atom. The first-order valence-corrected chi connectivity index (χ1v) is 20.0. The second-order valence-corrected chi connectivity index (χ2v) is 15.1. The van der Waals surface area contributed by atoms with Crippen LogP contribution in [0.4, 0.5) is 5.69 Å². The molecule has 3 heterocycles. The molecule has 1 aliphatic carbocycles. The van der Waals surface area contributed by atoms with Crippen molar-refractivity contribution >= 4 is 45.9 Å². The maximum Gasteiger partial charge on any atom is 1.00 e. The minimum absolute atomic E-state index is 0. The molecule has 3 aliphatic heterocycles. The second kappa shape index (κ2) is 22.2. The monoisotopic (exact) mass is 893 g/mol. The van der Waals surface area contributed by atoms with Crippen molar-refractivity contribution in [3.8, 4) is 28.2 Å². The van der Waals surface area contributed by atoms with Crippen LogP contribution in [0.15, 0.2) is 68.8 Å². The molecule has 2 aromatic carbocycles. The summed E-state index contributed by atoms with van der Waals surface area (Å²) in [4.78, 5) is 28.6. The fourth-order valence-corrected chi connectivity index (χ4v) is 7.58. The molecule has 0 saturated carbocycles. The number of carbonyl (C=O) groups is 1. The van der Waals surface area contributed by atoms with Gasteiger partial charge in [-0.3, -0.25) is 9.79 Å². The van der Waals surface area contributed by atoms with E-state index in [-0.39, 0.29) is 69.4 Å². The Morgan fingerprint density at radius 3 is 2.29 bits per heavy atom. The van der Waals surface area contributed by atoms with Crippen molar-refractivity contribution in [2.24, 2.45) is 4.99 Å². The number of ether oxygens (including phenoxy) is 4. The number of hydrogen-bond donors (Lipinski definition) is 10. The Bertz CT molecular complexity index is 2220. The fraction of sp³-hybridized carbons (Fsp3) is 0.463. The van der Waals surface area contributed by atoms with Gasteiger partial charge in [-0.1, -0.05) is 18.9 Å². The van der Waals surface area contributed by atoms with Gasteiger partial charge >= 0.3 is 35.5 Å². The Kier molecular flexibility index (Phi) is 17.6. The summed E-state index contributed by atoms with van der Waals surface area (Å²) in [5, 5.41) is 101. The number of nitrogens with one attached hydrogen (secondary N) is 2. The summed E-state index contributed by atoms with van der Waals surface area (Å²) in [5.41, 5.74) is 1.76. The minimum atomic E-state index is -1.79. The molecule has 0 unspecified atom stereocenters. The SMILES string of the molecule is CC([O-])=N[C@H]1[C@H](OCCCCCCNC(=S)Nc2ccc(-c3c4ccc(=O)cc-4oc4cc(O)ccc34)c(C(=O)O)c2)O[C@H](CO)[C@@H](O[C@@H]2O[C@H](CO)[C@H](O)[C@H](O)[C@H]2O)[C@@H]1O.[Na+]. The molecule has 19 nitrogen and oxygen atoms in total. The number of carboxylic acids is 1. The number of aromatic carboxylic acids is 1. The van der Waals surface area contributed by atoms with Crippen molar-refractivity contribution in [1.82, 2.24) is 5.32 Å². The molecule has 0 bridgehead atoms. The molecule has 330 valence electrons. The fourth-order valence-electron chi connectivity index (χ4n) is 7.36. The third-order valence-corrected chi connectivity index (χ3v) is 10.6. The van der Waals surface area contributed by atoms with Crippen LogP contribution >= 0.6 is 12.2 Å². The molecule has 0 aromatic heterocycles. The average molecular weight is 894 g/mol. The van der Waals surface area contributed by atoms with Gasteiger partial charge in [0.1, 0.15) is 65.9 Å². The summed E-state index contributed by atoms with van der Waals surface area (Å²) in [6, 6.07) is 12.2. The van der Waals surface area contributed by atoms with E-state index in [9.17, 15) is 55.5 Å². The van der Waals surface area contributed by atoms with E-state index in [1.54, 1.807) is 24.3 Å². The number of fused-ring (bicyclic) bond motifs is 2. The average Bonchev–Trinajstić information content (AvgIpc) is 3.22. The predicted octanol–water partition coefficient (Wildman–Crippen LogP) is -2.75. The predicted molar refractivity (Wildman–Crippen MR) is 219 cm³/mol. The zero-order valence-electron chi connectivity index (χ0n) is 33.8. The molecule has 10 atom stereocenters. The first-order valence-electron chi connectivity index (χ1n) is 19.6. The molecule has 62 heavy (non-hydrogen) atoms. The summed E-state index contributed by atoms with van der Waals surface area (Å²) < 4.78 is 28.6. The van der Waals surface area contributed by atoms with E-state index in [1.165, 1.54) is 37.3 Å². The first kappa shape index (κ1) is 49.2. The number of unbranched alkanes of at least 4 members (excludes halogenated alkanes) is 3. The van der Waals surface area contributed by atoms with Crippen LogP contribution in [-0.2, 0) is 18.9 Å². The minimum Gasteiger partial charge on any atom is -0.862 e. The molecular weight excluding hydrogens is 846 g/mol. The molecule has 2 saturated heterocycles. The van der Waals surface area contributed by atoms with Crippen LogP contribution in [0.1, 0.15) is 43.0 Å². The van der Waals surface area contributed by atoms with Crippen LogP contribution in [0.3, 0.4) is 0 Å². The van der Waals surface area contributed by atoms with Gasteiger partial charge in [-0.05, 0) is 79.8 Å². The number of carboxylic acid groups (broad SMARTS) is 1. The molecule has 21 heteroatoms. The second-order valence-electron chi connectivity index (χ2n) is 14.7. The maximum absolute atomic E-state index is 12.6. The number of thiocarbonyl (C=S) groups is 1. The maximum atomic E-state index is 12.6. The van der Waals surface area contributed by atoms with Gasteiger partial charge in [0, 0.05) is 47.5 Å². The summed E-state index contributed by atoms with van der Waals surface area (Å²) >= 11 is 5.46. The first-order chi connectivity index (χ1) is 29.2. The Morgan fingerprint density at radius 2 is 1.58 bits per heavy atom. The summed E-state index contributed by atoms with van der Waals surface area (Å²) in [6.07, 6.45) is -10.9. The van der Waals surface area contributed by atoms with Gasteiger partial charge in [0.15, 0.2) is 23.1 Å². The number of benzene rings is 3. The molecule has 4 aliphatic rings. The number of hydrogen-bond acceptors (Lipinski definition) is 17. The smallest absolute Gasteiger partial charge is 0.862 e. The van der Waals surface area contributed by atoms with Crippen molar-refractivity contribution in [2.75, 3.05) is 31.7 Å². The molecule has 0 spiro atoms. The van der Waals surface area contributed by atoms with Crippen molar-refractivity contribution in [3.63, 3.8) is 0 Å². The van der Waals surface area contributed by atoms with Crippen molar-refractivity contribution < 1.29 is 104 Å². The number of rotatable bonds is 16. The van der Waals surface area contributed by atoms with Gasteiger partial charge in [-0.2, -0.15) is 0 Å². The van der Waals surface area contributed by atoms with Crippen molar-refractivity contribution in [1.29, 1.82) is 0 Å². The number of nitrogens with zero attached hydrogens (tertiary/aromatic N) is 1. The quantitative estimate of drug-likeness (QED) is 0.0136. The molecule has 0 radical (unpaired) electrons. The third-order valence-electron chi connectivity index (χ3n) is 10.4. The number of anilines is 1. The van der Waals surface area contributed by atoms with Crippen molar-refractivity contribution in [2.45, 2.75) is 94.0 Å². The van der Waals surface area contributed by atoms with E-state index in [0.29, 0.717) is 53.6 Å². The van der Waals surface area contributed by atoms with Gasteiger partial charge in [0.2, 0.25) is 0 Å². The third kappa shape index (κ3) is 11.5. The summed E-state index contributed by atoms with van der Waals surface area (Å²) in [5.74, 6) is -1.67. The van der Waals surface area contributed by atoms with Crippen LogP contribution in [0.2, 0.25) is 0 Å². The van der Waals surface area contributed by atoms with Gasteiger partial charge < -0.3 is 80.0 Å². The largest absolute Gasteiger partial charge is 1.00 e. The number of phenolic OH excluding ortho intramolecular Hbond substituents is 1. The molecule has 10 N–H and O–H groups in total. The molecular formula is C41H48N3NaO16S. The molecule has 2 fully saturated rings. The van der Waals surface area contributed by atoms with Crippen LogP contribution in [-0.4, -0.2) is 146 Å². The van der Waals surface area contributed by atoms with E-state index in [2.05, 4.69) is 15.6 Å². The van der Waals surface area contributed by atoms with Crippen LogP contribution in [0.5, 0.6) is 5.75 Å². The molecule has 2 aromatic rings. The normalized spacial score (nSPS) is 26.5. The number of phenols is 1.